The Hall–Kier alpha value is -3.31. The van der Waals surface area contributed by atoms with E-state index in [4.69, 9.17) is 9.47 Å². The first-order valence-electron chi connectivity index (χ1n) is 10.9. The molecule has 0 saturated carbocycles. The van der Waals surface area contributed by atoms with Gasteiger partial charge in [-0.1, -0.05) is 0 Å². The molecule has 0 unspecified atom stereocenters. The summed E-state index contributed by atoms with van der Waals surface area (Å²) in [5, 5.41) is 2.91. The molecule has 10 nitrogen and oxygen atoms in total. The van der Waals surface area contributed by atoms with Crippen LogP contribution < -0.4 is 20.5 Å². The molecule has 182 valence electrons. The van der Waals surface area contributed by atoms with Crippen LogP contribution in [0.2, 0.25) is 0 Å². The number of hydrogen-bond donors (Lipinski definition) is 1. The minimum atomic E-state index is -3.73. The summed E-state index contributed by atoms with van der Waals surface area (Å²) in [7, 11) is 2.60. The number of benzene rings is 2. The number of ether oxygens (including phenoxy) is 2. The zero-order valence-corrected chi connectivity index (χ0v) is 20.4. The fraction of sp³-hybridized carbons (Fsp3) is 0.391. The van der Waals surface area contributed by atoms with E-state index in [1.54, 1.807) is 42.9 Å². The van der Waals surface area contributed by atoms with Crippen molar-refractivity contribution < 1.29 is 22.7 Å². The highest BCUT2D eigenvalue weighted by molar-refractivity contribution is 7.89. The average Bonchev–Trinajstić information content (AvgIpc) is 3.07. The maximum atomic E-state index is 13.1. The Morgan fingerprint density at radius 1 is 0.941 bits per heavy atom. The van der Waals surface area contributed by atoms with Crippen molar-refractivity contribution in [3.63, 3.8) is 0 Å². The van der Waals surface area contributed by atoms with E-state index in [0.29, 0.717) is 30.0 Å². The van der Waals surface area contributed by atoms with Crippen molar-refractivity contribution in [2.75, 3.05) is 32.6 Å². The number of fused-ring (bicyclic) bond motifs is 1. The molecule has 0 aliphatic carbocycles. The number of sulfonamides is 1. The summed E-state index contributed by atoms with van der Waals surface area (Å²) in [6, 6.07) is 9.82. The van der Waals surface area contributed by atoms with Gasteiger partial charge in [-0.2, -0.15) is 4.31 Å². The summed E-state index contributed by atoms with van der Waals surface area (Å²) in [4.78, 5) is 25.1. The molecule has 1 aliphatic rings. The first-order chi connectivity index (χ1) is 16.2. The summed E-state index contributed by atoms with van der Waals surface area (Å²) in [6.07, 6.45) is 0.814. The molecule has 0 radical (unpaired) electrons. The smallest absolute Gasteiger partial charge is 0.328 e. The van der Waals surface area contributed by atoms with Gasteiger partial charge in [0.25, 0.3) is 0 Å². The second kappa shape index (κ2) is 9.15. The van der Waals surface area contributed by atoms with Crippen LogP contribution in [-0.4, -0.2) is 55.1 Å². The second-order valence-corrected chi connectivity index (χ2v) is 10.2. The third kappa shape index (κ3) is 4.16. The van der Waals surface area contributed by atoms with Crippen LogP contribution in [0.4, 0.5) is 5.69 Å². The van der Waals surface area contributed by atoms with Crippen molar-refractivity contribution in [2.24, 2.45) is 20.0 Å². The molecule has 1 amide bonds. The molecule has 2 heterocycles. The first kappa shape index (κ1) is 23.8. The summed E-state index contributed by atoms with van der Waals surface area (Å²) in [6.45, 7) is 0.474. The standard InChI is InChI=1S/C23H28N4O6S/c1-25-18-7-5-16(13-19(18)26(2)23(25)29)24-22(28)15-9-11-27(12-10-15)34(30,31)17-6-8-20(32-3)21(14-17)33-4/h5-8,13-15H,9-12H2,1-4H3,(H,24,28). The number of carbonyl (C=O) groups is 1. The van der Waals surface area contributed by atoms with Crippen LogP contribution in [-0.2, 0) is 28.9 Å². The van der Waals surface area contributed by atoms with Crippen molar-refractivity contribution in [3.05, 3.63) is 46.9 Å². The lowest BCUT2D eigenvalue weighted by Crippen LogP contribution is -2.41. The van der Waals surface area contributed by atoms with E-state index in [-0.39, 0.29) is 35.5 Å². The molecule has 34 heavy (non-hydrogen) atoms. The molecule has 2 aromatic carbocycles. The highest BCUT2D eigenvalue weighted by atomic mass is 32.2. The number of carbonyl (C=O) groups excluding carboxylic acids is 1. The summed E-state index contributed by atoms with van der Waals surface area (Å²) in [5.41, 5.74) is 1.96. The SMILES string of the molecule is COc1ccc(S(=O)(=O)N2CCC(C(=O)Nc3ccc4c(c3)n(C)c(=O)n4C)CC2)cc1OC. The number of rotatable bonds is 6. The Bertz CT molecular complexity index is 1400. The molecular weight excluding hydrogens is 460 g/mol. The zero-order valence-electron chi connectivity index (χ0n) is 19.6. The number of piperidine rings is 1. The minimum absolute atomic E-state index is 0.120. The fourth-order valence-corrected chi connectivity index (χ4v) is 5.80. The third-order valence-electron chi connectivity index (χ3n) is 6.36. The predicted octanol–water partition coefficient (Wildman–Crippen LogP) is 1.93. The van der Waals surface area contributed by atoms with E-state index in [2.05, 4.69) is 5.32 Å². The summed E-state index contributed by atoms with van der Waals surface area (Å²) in [5.74, 6) is 0.312. The van der Waals surface area contributed by atoms with E-state index >= 15 is 0 Å². The molecule has 0 spiro atoms. The van der Waals surface area contributed by atoms with Crippen LogP contribution in [0.5, 0.6) is 11.5 Å². The molecule has 1 aromatic heterocycles. The van der Waals surface area contributed by atoms with Crippen LogP contribution in [0, 0.1) is 5.92 Å². The van der Waals surface area contributed by atoms with E-state index < -0.39 is 10.0 Å². The molecule has 0 bridgehead atoms. The van der Waals surface area contributed by atoms with Crippen molar-refractivity contribution in [3.8, 4) is 11.5 Å². The lowest BCUT2D eigenvalue weighted by Gasteiger charge is -2.30. The maximum absolute atomic E-state index is 13.1. The van der Waals surface area contributed by atoms with Crippen LogP contribution in [0.1, 0.15) is 12.8 Å². The second-order valence-electron chi connectivity index (χ2n) is 8.29. The zero-order chi connectivity index (χ0) is 24.6. The van der Waals surface area contributed by atoms with E-state index in [9.17, 15) is 18.0 Å². The average molecular weight is 489 g/mol. The lowest BCUT2D eigenvalue weighted by atomic mass is 9.97. The number of nitrogens with one attached hydrogen (secondary N) is 1. The van der Waals surface area contributed by atoms with Gasteiger partial charge in [0.2, 0.25) is 15.9 Å². The molecule has 0 atom stereocenters. The van der Waals surface area contributed by atoms with Crippen LogP contribution >= 0.6 is 0 Å². The topological polar surface area (TPSA) is 112 Å². The number of methoxy groups -OCH3 is 2. The number of nitrogens with zero attached hydrogens (tertiary/aromatic N) is 3. The van der Waals surface area contributed by atoms with Gasteiger partial charge in [0.15, 0.2) is 11.5 Å². The fourth-order valence-electron chi connectivity index (χ4n) is 4.31. The van der Waals surface area contributed by atoms with Gasteiger partial charge in [-0.3, -0.25) is 13.9 Å². The van der Waals surface area contributed by atoms with E-state index in [0.717, 1.165) is 11.0 Å². The quantitative estimate of drug-likeness (QED) is 0.568. The Morgan fingerprint density at radius 2 is 1.59 bits per heavy atom. The number of hydrogen-bond acceptors (Lipinski definition) is 6. The number of aromatic nitrogens is 2. The molecule has 1 fully saturated rings. The van der Waals surface area contributed by atoms with Crippen molar-refractivity contribution in [1.29, 1.82) is 0 Å². The molecule has 11 heteroatoms. The van der Waals surface area contributed by atoms with Gasteiger partial charge < -0.3 is 14.8 Å². The highest BCUT2D eigenvalue weighted by Crippen LogP contribution is 2.32. The molecule has 1 saturated heterocycles. The van der Waals surface area contributed by atoms with E-state index in [1.807, 2.05) is 0 Å². The Balaban J connectivity index is 1.43. The number of aryl methyl sites for hydroxylation is 2. The molecular formula is C23H28N4O6S. The first-order valence-corrected chi connectivity index (χ1v) is 12.3. The highest BCUT2D eigenvalue weighted by Gasteiger charge is 2.32. The third-order valence-corrected chi connectivity index (χ3v) is 8.25. The van der Waals surface area contributed by atoms with Crippen LogP contribution in [0.3, 0.4) is 0 Å². The Kier molecular flexibility index (Phi) is 6.41. The minimum Gasteiger partial charge on any atom is -0.493 e. The summed E-state index contributed by atoms with van der Waals surface area (Å²) >= 11 is 0. The lowest BCUT2D eigenvalue weighted by molar-refractivity contribution is -0.120. The van der Waals surface area contributed by atoms with Crippen molar-refractivity contribution in [2.45, 2.75) is 17.7 Å². The molecule has 1 aliphatic heterocycles. The molecule has 4 rings (SSSR count). The number of anilines is 1. The van der Waals surface area contributed by atoms with Gasteiger partial charge in [-0.05, 0) is 43.2 Å². The Labute approximate surface area is 197 Å². The van der Waals surface area contributed by atoms with Gasteiger partial charge >= 0.3 is 5.69 Å². The monoisotopic (exact) mass is 488 g/mol. The molecule has 3 aromatic rings. The van der Waals surface area contributed by atoms with Gasteiger partial charge in [0, 0.05) is 44.9 Å². The van der Waals surface area contributed by atoms with Gasteiger partial charge in [-0.15, -0.1) is 0 Å². The van der Waals surface area contributed by atoms with Gasteiger partial charge in [0.05, 0.1) is 30.1 Å². The summed E-state index contributed by atoms with van der Waals surface area (Å²) < 4.78 is 41.1. The normalized spacial score (nSPS) is 15.4. The maximum Gasteiger partial charge on any atom is 0.328 e. The Morgan fingerprint density at radius 3 is 2.24 bits per heavy atom. The van der Waals surface area contributed by atoms with Gasteiger partial charge in [0.1, 0.15) is 0 Å². The van der Waals surface area contributed by atoms with Crippen molar-refractivity contribution >= 4 is 32.7 Å². The van der Waals surface area contributed by atoms with Crippen LogP contribution in [0.15, 0.2) is 46.1 Å². The van der Waals surface area contributed by atoms with E-state index in [1.165, 1.54) is 35.2 Å². The largest absolute Gasteiger partial charge is 0.493 e. The number of amides is 1. The van der Waals surface area contributed by atoms with Gasteiger partial charge in [-0.25, -0.2) is 13.2 Å². The van der Waals surface area contributed by atoms with Crippen LogP contribution in [0.25, 0.3) is 11.0 Å². The number of imidazole rings is 1. The molecule has 1 N–H and O–H groups in total. The predicted molar refractivity (Wildman–Crippen MR) is 128 cm³/mol. The van der Waals surface area contributed by atoms with Crippen molar-refractivity contribution in [1.82, 2.24) is 13.4 Å².